The lowest BCUT2D eigenvalue weighted by Crippen LogP contribution is -2.48. The summed E-state index contributed by atoms with van der Waals surface area (Å²) in [6.07, 6.45) is 3.43. The lowest BCUT2D eigenvalue weighted by Gasteiger charge is -2.38. The zero-order valence-corrected chi connectivity index (χ0v) is 15.7. The Kier molecular flexibility index (Phi) is 7.72. The van der Waals surface area contributed by atoms with E-state index >= 15 is 0 Å². The van der Waals surface area contributed by atoms with Gasteiger partial charge in [0, 0.05) is 25.7 Å². The van der Waals surface area contributed by atoms with Gasteiger partial charge in [0.1, 0.15) is 5.75 Å². The molecule has 3 atom stereocenters. The second kappa shape index (κ2) is 9.78. The summed E-state index contributed by atoms with van der Waals surface area (Å²) in [4.78, 5) is 14.6. The fraction of sp³-hybridized carbons (Fsp3) is 0.650. The van der Waals surface area contributed by atoms with Gasteiger partial charge < -0.3 is 15.2 Å². The average Bonchev–Trinajstić information content (AvgIpc) is 2.63. The Morgan fingerprint density at radius 2 is 2.24 bits per heavy atom. The highest BCUT2D eigenvalue weighted by molar-refractivity contribution is 5.78. The molecule has 1 amide bonds. The smallest absolute Gasteiger partial charge is 0.224 e. The number of piperidine rings is 1. The maximum Gasteiger partial charge on any atom is 0.224 e. The van der Waals surface area contributed by atoms with E-state index in [1.165, 1.54) is 0 Å². The van der Waals surface area contributed by atoms with Gasteiger partial charge in [-0.1, -0.05) is 25.5 Å². The summed E-state index contributed by atoms with van der Waals surface area (Å²) >= 11 is 0. The fourth-order valence-electron chi connectivity index (χ4n) is 3.36. The molecule has 3 unspecified atom stereocenters. The minimum atomic E-state index is -0.584. The third-order valence-corrected chi connectivity index (χ3v) is 5.10. The van der Waals surface area contributed by atoms with Gasteiger partial charge in [-0.05, 0) is 43.9 Å². The van der Waals surface area contributed by atoms with Crippen LogP contribution in [0.5, 0.6) is 5.75 Å². The number of likely N-dealkylation sites (tertiary alicyclic amines) is 1. The molecule has 5 heteroatoms. The molecule has 5 nitrogen and oxygen atoms in total. The number of rotatable bonds is 8. The summed E-state index contributed by atoms with van der Waals surface area (Å²) in [5.41, 5.74) is 0.848. The van der Waals surface area contributed by atoms with Crippen LogP contribution in [0, 0.1) is 5.92 Å². The molecule has 1 aromatic rings. The maximum atomic E-state index is 12.3. The van der Waals surface area contributed by atoms with Gasteiger partial charge in [0.2, 0.25) is 5.91 Å². The van der Waals surface area contributed by atoms with E-state index in [4.69, 9.17) is 4.74 Å². The Bertz CT molecular complexity index is 549. The second-order valence-corrected chi connectivity index (χ2v) is 7.01. The van der Waals surface area contributed by atoms with Crippen LogP contribution >= 0.6 is 0 Å². The van der Waals surface area contributed by atoms with Crippen LogP contribution in [0.25, 0.3) is 0 Å². The third-order valence-electron chi connectivity index (χ3n) is 5.10. The van der Waals surface area contributed by atoms with E-state index in [2.05, 4.69) is 24.1 Å². The summed E-state index contributed by atoms with van der Waals surface area (Å²) in [7, 11) is 1.62. The van der Waals surface area contributed by atoms with Crippen molar-refractivity contribution in [2.24, 2.45) is 5.92 Å². The minimum Gasteiger partial charge on any atom is -0.497 e. The molecule has 1 aliphatic heterocycles. The van der Waals surface area contributed by atoms with E-state index in [1.807, 2.05) is 24.3 Å². The number of aliphatic hydroxyl groups is 1. The lowest BCUT2D eigenvalue weighted by molar-refractivity contribution is -0.127. The van der Waals surface area contributed by atoms with Crippen LogP contribution in [0.15, 0.2) is 24.3 Å². The van der Waals surface area contributed by atoms with Crippen LogP contribution in [0.1, 0.15) is 51.2 Å². The number of nitrogens with one attached hydrogen (secondary N) is 1. The van der Waals surface area contributed by atoms with Gasteiger partial charge in [-0.2, -0.15) is 0 Å². The molecular weight excluding hydrogens is 316 g/mol. The van der Waals surface area contributed by atoms with E-state index in [9.17, 15) is 9.90 Å². The first kappa shape index (κ1) is 19.7. The van der Waals surface area contributed by atoms with Crippen molar-refractivity contribution in [3.05, 3.63) is 29.8 Å². The van der Waals surface area contributed by atoms with Crippen molar-refractivity contribution in [1.82, 2.24) is 10.2 Å². The predicted molar refractivity (Wildman–Crippen MR) is 99.6 cm³/mol. The van der Waals surface area contributed by atoms with Crippen LogP contribution in [-0.2, 0) is 4.79 Å². The van der Waals surface area contributed by atoms with Crippen molar-refractivity contribution in [3.8, 4) is 5.75 Å². The van der Waals surface area contributed by atoms with Crippen LogP contribution in [-0.4, -0.2) is 48.7 Å². The number of unbranched alkanes of at least 4 members (excludes halogenated alkanes) is 1. The first-order chi connectivity index (χ1) is 12.0. The largest absolute Gasteiger partial charge is 0.497 e. The van der Waals surface area contributed by atoms with Gasteiger partial charge in [-0.3, -0.25) is 9.69 Å². The number of carbonyl (C=O) groups excluding carboxylic acids is 1. The molecule has 0 aromatic heterocycles. The number of hydrogen-bond donors (Lipinski definition) is 2. The molecular formula is C20H32N2O3. The summed E-state index contributed by atoms with van der Waals surface area (Å²) in [5, 5.41) is 13.7. The number of amides is 1. The maximum absolute atomic E-state index is 12.3. The van der Waals surface area contributed by atoms with Crippen molar-refractivity contribution >= 4 is 5.91 Å². The zero-order valence-electron chi connectivity index (χ0n) is 15.7. The van der Waals surface area contributed by atoms with E-state index in [0.717, 1.165) is 43.5 Å². The van der Waals surface area contributed by atoms with Crippen LogP contribution in [0.2, 0.25) is 0 Å². The number of methoxy groups -OCH3 is 1. The highest BCUT2D eigenvalue weighted by atomic mass is 16.5. The van der Waals surface area contributed by atoms with Gasteiger partial charge in [-0.15, -0.1) is 0 Å². The van der Waals surface area contributed by atoms with Gasteiger partial charge in [0.05, 0.1) is 19.1 Å². The highest BCUT2D eigenvalue weighted by Crippen LogP contribution is 2.26. The fourth-order valence-corrected chi connectivity index (χ4v) is 3.36. The number of hydrogen-bond acceptors (Lipinski definition) is 4. The number of ether oxygens (including phenoxy) is 1. The molecule has 1 fully saturated rings. The Labute approximate surface area is 151 Å². The minimum absolute atomic E-state index is 0.0190. The standard InChI is InChI=1S/C20H32N2O3/c1-4-5-11-21-20(24)17-10-9-15(2)22(13-17)14-19(23)16-7-6-8-18(12-16)25-3/h6-8,12,15,17,19,23H,4-5,9-11,13-14H2,1-3H3,(H,21,24). The SMILES string of the molecule is CCCCNC(=O)C1CCC(C)N(CC(O)c2cccc(OC)c2)C1. The molecule has 1 heterocycles. The normalized spacial score (nSPS) is 22.4. The number of benzene rings is 1. The molecule has 0 spiro atoms. The summed E-state index contributed by atoms with van der Waals surface area (Å²) < 4.78 is 5.23. The number of β-amino-alcohol motifs (C(OH)–C–C–N with tert-alkyl or cyclic N) is 1. The molecule has 2 rings (SSSR count). The molecule has 140 valence electrons. The molecule has 1 aromatic carbocycles. The van der Waals surface area contributed by atoms with Gasteiger partial charge in [-0.25, -0.2) is 0 Å². The predicted octanol–water partition coefficient (Wildman–Crippen LogP) is 2.75. The summed E-state index contributed by atoms with van der Waals surface area (Å²) in [6.45, 7) is 6.29. The van der Waals surface area contributed by atoms with Crippen molar-refractivity contribution in [1.29, 1.82) is 0 Å². The van der Waals surface area contributed by atoms with Crippen molar-refractivity contribution < 1.29 is 14.6 Å². The van der Waals surface area contributed by atoms with Crippen LogP contribution < -0.4 is 10.1 Å². The van der Waals surface area contributed by atoms with Gasteiger partial charge in [0.15, 0.2) is 0 Å². The zero-order chi connectivity index (χ0) is 18.2. The molecule has 2 N–H and O–H groups in total. The van der Waals surface area contributed by atoms with Crippen molar-refractivity contribution in [2.45, 2.75) is 51.7 Å². The van der Waals surface area contributed by atoms with Gasteiger partial charge >= 0.3 is 0 Å². The Morgan fingerprint density at radius 3 is 2.96 bits per heavy atom. The quantitative estimate of drug-likeness (QED) is 0.709. The highest BCUT2D eigenvalue weighted by Gasteiger charge is 2.30. The molecule has 25 heavy (non-hydrogen) atoms. The average molecular weight is 348 g/mol. The third kappa shape index (κ3) is 5.72. The second-order valence-electron chi connectivity index (χ2n) is 7.01. The lowest BCUT2D eigenvalue weighted by atomic mass is 9.92. The van der Waals surface area contributed by atoms with E-state index in [-0.39, 0.29) is 11.8 Å². The van der Waals surface area contributed by atoms with Crippen LogP contribution in [0.3, 0.4) is 0 Å². The van der Waals surface area contributed by atoms with Crippen LogP contribution in [0.4, 0.5) is 0 Å². The van der Waals surface area contributed by atoms with E-state index < -0.39 is 6.10 Å². The topological polar surface area (TPSA) is 61.8 Å². The Morgan fingerprint density at radius 1 is 1.44 bits per heavy atom. The number of nitrogens with zero attached hydrogens (tertiary/aromatic N) is 1. The summed E-state index contributed by atoms with van der Waals surface area (Å²) in [5.74, 6) is 0.920. The Balaban J connectivity index is 1.93. The monoisotopic (exact) mass is 348 g/mol. The number of carbonyl (C=O) groups is 1. The molecule has 0 aliphatic carbocycles. The summed E-state index contributed by atoms with van der Waals surface area (Å²) in [6, 6.07) is 7.92. The van der Waals surface area contributed by atoms with E-state index in [1.54, 1.807) is 7.11 Å². The molecule has 0 saturated carbocycles. The number of aliphatic hydroxyl groups excluding tert-OH is 1. The van der Waals surface area contributed by atoms with E-state index in [0.29, 0.717) is 19.1 Å². The molecule has 1 aliphatic rings. The van der Waals surface area contributed by atoms with Gasteiger partial charge in [0.25, 0.3) is 0 Å². The Hall–Kier alpha value is -1.59. The molecule has 0 bridgehead atoms. The van der Waals surface area contributed by atoms with Crippen molar-refractivity contribution in [2.75, 3.05) is 26.7 Å². The first-order valence-electron chi connectivity index (χ1n) is 9.39. The molecule has 0 radical (unpaired) electrons. The molecule has 1 saturated heterocycles. The first-order valence-corrected chi connectivity index (χ1v) is 9.39. The van der Waals surface area contributed by atoms with Crippen molar-refractivity contribution in [3.63, 3.8) is 0 Å².